The van der Waals surface area contributed by atoms with Crippen LogP contribution in [0.3, 0.4) is 0 Å². The molecule has 27 heavy (non-hydrogen) atoms. The van der Waals surface area contributed by atoms with Crippen LogP contribution >= 0.6 is 0 Å². The third kappa shape index (κ3) is 4.74. The third-order valence-electron chi connectivity index (χ3n) is 4.96. The first-order valence-corrected chi connectivity index (χ1v) is 9.44. The van der Waals surface area contributed by atoms with Crippen molar-refractivity contribution in [2.45, 2.75) is 26.4 Å². The summed E-state index contributed by atoms with van der Waals surface area (Å²) in [5, 5.41) is 3.03. The SMILES string of the molecule is Cc1ccc(N2C[C@@H](C(=O)NCc3ccccc3C[NH+](C)C)CC2=O)cc1. The van der Waals surface area contributed by atoms with Gasteiger partial charge in [-0.05, 0) is 24.6 Å². The number of nitrogens with one attached hydrogen (secondary N) is 2. The molecule has 0 spiro atoms. The Morgan fingerprint density at radius 1 is 1.11 bits per heavy atom. The van der Waals surface area contributed by atoms with Gasteiger partial charge in [0.15, 0.2) is 0 Å². The minimum Gasteiger partial charge on any atom is -0.352 e. The van der Waals surface area contributed by atoms with Gasteiger partial charge in [0.25, 0.3) is 0 Å². The molecule has 0 unspecified atom stereocenters. The van der Waals surface area contributed by atoms with E-state index in [9.17, 15) is 9.59 Å². The molecule has 0 aliphatic carbocycles. The van der Waals surface area contributed by atoms with E-state index in [0.717, 1.165) is 23.4 Å². The van der Waals surface area contributed by atoms with Gasteiger partial charge in [-0.3, -0.25) is 9.59 Å². The zero-order valence-electron chi connectivity index (χ0n) is 16.3. The second kappa shape index (κ2) is 8.35. The summed E-state index contributed by atoms with van der Waals surface area (Å²) in [6, 6.07) is 16.0. The van der Waals surface area contributed by atoms with Gasteiger partial charge in [-0.1, -0.05) is 42.0 Å². The van der Waals surface area contributed by atoms with Crippen molar-refractivity contribution in [3.8, 4) is 0 Å². The Bertz CT molecular complexity index is 815. The highest BCUT2D eigenvalue weighted by molar-refractivity contribution is 6.00. The smallest absolute Gasteiger partial charge is 0.227 e. The first-order valence-electron chi connectivity index (χ1n) is 9.44. The number of rotatable bonds is 6. The molecular formula is C22H28N3O2+. The van der Waals surface area contributed by atoms with Crippen molar-refractivity contribution in [2.75, 3.05) is 25.5 Å². The number of quaternary nitrogens is 1. The Morgan fingerprint density at radius 2 is 1.78 bits per heavy atom. The molecule has 1 fully saturated rings. The number of anilines is 1. The summed E-state index contributed by atoms with van der Waals surface area (Å²) in [5.74, 6) is -0.342. The van der Waals surface area contributed by atoms with Crippen molar-refractivity contribution in [3.63, 3.8) is 0 Å². The maximum absolute atomic E-state index is 12.6. The van der Waals surface area contributed by atoms with E-state index in [-0.39, 0.29) is 24.2 Å². The Kier molecular flexibility index (Phi) is 5.91. The van der Waals surface area contributed by atoms with Crippen LogP contribution in [-0.4, -0.2) is 32.5 Å². The fourth-order valence-electron chi connectivity index (χ4n) is 3.47. The van der Waals surface area contributed by atoms with Crippen molar-refractivity contribution in [1.82, 2.24) is 5.32 Å². The van der Waals surface area contributed by atoms with Gasteiger partial charge in [-0.15, -0.1) is 0 Å². The van der Waals surface area contributed by atoms with Crippen LogP contribution in [-0.2, 0) is 22.7 Å². The molecule has 5 heteroatoms. The number of benzene rings is 2. The standard InChI is InChI=1S/C22H27N3O2/c1-16-8-10-20(11-9-16)25-15-19(12-21(25)26)22(27)23-13-17-6-4-5-7-18(17)14-24(2)3/h4-11,19H,12-15H2,1-3H3,(H,23,27)/p+1/t19-/m0/s1. The highest BCUT2D eigenvalue weighted by Crippen LogP contribution is 2.25. The molecule has 2 N–H and O–H groups in total. The maximum Gasteiger partial charge on any atom is 0.227 e. The van der Waals surface area contributed by atoms with Crippen LogP contribution in [0.5, 0.6) is 0 Å². The summed E-state index contributed by atoms with van der Waals surface area (Å²) in [6.07, 6.45) is 0.267. The Balaban J connectivity index is 1.61. The predicted molar refractivity (Wildman–Crippen MR) is 106 cm³/mol. The molecular weight excluding hydrogens is 338 g/mol. The zero-order chi connectivity index (χ0) is 19.4. The summed E-state index contributed by atoms with van der Waals surface area (Å²) in [6.45, 7) is 3.87. The lowest BCUT2D eigenvalue weighted by Gasteiger charge is -2.17. The number of hydrogen-bond acceptors (Lipinski definition) is 2. The van der Waals surface area contributed by atoms with E-state index in [1.54, 1.807) is 4.90 Å². The average Bonchev–Trinajstić information content (AvgIpc) is 3.03. The number of hydrogen-bond donors (Lipinski definition) is 2. The summed E-state index contributed by atoms with van der Waals surface area (Å²) >= 11 is 0. The molecule has 1 aliphatic heterocycles. The lowest BCUT2D eigenvalue weighted by molar-refractivity contribution is -0.872. The van der Waals surface area contributed by atoms with Crippen LogP contribution < -0.4 is 15.1 Å². The molecule has 1 saturated heterocycles. The van der Waals surface area contributed by atoms with Gasteiger partial charge in [-0.2, -0.15) is 0 Å². The highest BCUT2D eigenvalue weighted by atomic mass is 16.2. The number of carbonyl (C=O) groups is 2. The largest absolute Gasteiger partial charge is 0.352 e. The molecule has 0 bridgehead atoms. The van der Waals surface area contributed by atoms with Gasteiger partial charge in [0.05, 0.1) is 20.0 Å². The second-order valence-corrected chi connectivity index (χ2v) is 7.61. The molecule has 0 aromatic heterocycles. The fraction of sp³-hybridized carbons (Fsp3) is 0.364. The molecule has 2 amide bonds. The molecule has 5 nitrogen and oxygen atoms in total. The molecule has 142 valence electrons. The number of nitrogens with zero attached hydrogens (tertiary/aromatic N) is 1. The van der Waals surface area contributed by atoms with E-state index in [1.165, 1.54) is 10.5 Å². The second-order valence-electron chi connectivity index (χ2n) is 7.61. The lowest BCUT2D eigenvalue weighted by Crippen LogP contribution is -3.04. The van der Waals surface area contributed by atoms with Gasteiger partial charge < -0.3 is 15.1 Å². The van der Waals surface area contributed by atoms with Crippen molar-refractivity contribution in [2.24, 2.45) is 5.92 Å². The Hall–Kier alpha value is -2.66. The van der Waals surface area contributed by atoms with Crippen LogP contribution in [0, 0.1) is 12.8 Å². The normalized spacial score (nSPS) is 16.8. The van der Waals surface area contributed by atoms with E-state index in [0.29, 0.717) is 13.1 Å². The summed E-state index contributed by atoms with van der Waals surface area (Å²) in [5.41, 5.74) is 4.38. The van der Waals surface area contributed by atoms with Gasteiger partial charge in [0.1, 0.15) is 6.54 Å². The van der Waals surface area contributed by atoms with Gasteiger partial charge in [0, 0.05) is 30.8 Å². The van der Waals surface area contributed by atoms with Crippen molar-refractivity contribution in [1.29, 1.82) is 0 Å². The van der Waals surface area contributed by atoms with Crippen LogP contribution in [0.4, 0.5) is 5.69 Å². The first-order chi connectivity index (χ1) is 12.9. The number of carbonyl (C=O) groups excluding carboxylic acids is 2. The van der Waals surface area contributed by atoms with Crippen LogP contribution in [0.25, 0.3) is 0 Å². The van der Waals surface area contributed by atoms with Gasteiger partial charge >= 0.3 is 0 Å². The van der Waals surface area contributed by atoms with Crippen molar-refractivity contribution in [3.05, 3.63) is 65.2 Å². The number of aryl methyl sites for hydroxylation is 1. The Morgan fingerprint density at radius 3 is 2.44 bits per heavy atom. The first kappa shape index (κ1) is 19.1. The van der Waals surface area contributed by atoms with E-state index in [1.807, 2.05) is 43.3 Å². The van der Waals surface area contributed by atoms with Gasteiger partial charge in [-0.25, -0.2) is 0 Å². The molecule has 0 saturated carbocycles. The molecule has 1 aliphatic rings. The van der Waals surface area contributed by atoms with E-state index in [4.69, 9.17) is 0 Å². The topological polar surface area (TPSA) is 53.9 Å². The van der Waals surface area contributed by atoms with Crippen molar-refractivity contribution < 1.29 is 14.5 Å². The van der Waals surface area contributed by atoms with Crippen LogP contribution in [0.15, 0.2) is 48.5 Å². The predicted octanol–water partition coefficient (Wildman–Crippen LogP) is 1.31. The van der Waals surface area contributed by atoms with E-state index in [2.05, 4.69) is 31.5 Å². The summed E-state index contributed by atoms with van der Waals surface area (Å²) in [7, 11) is 4.22. The molecule has 3 rings (SSSR count). The highest BCUT2D eigenvalue weighted by Gasteiger charge is 2.35. The zero-order valence-corrected chi connectivity index (χ0v) is 16.3. The lowest BCUT2D eigenvalue weighted by atomic mass is 10.1. The average molecular weight is 366 g/mol. The van der Waals surface area contributed by atoms with Crippen molar-refractivity contribution >= 4 is 17.5 Å². The minimum absolute atomic E-state index is 0.00982. The molecule has 1 heterocycles. The monoisotopic (exact) mass is 366 g/mol. The maximum atomic E-state index is 12.6. The third-order valence-corrected chi connectivity index (χ3v) is 4.96. The summed E-state index contributed by atoms with van der Waals surface area (Å²) < 4.78 is 0. The quantitative estimate of drug-likeness (QED) is 0.810. The molecule has 2 aromatic carbocycles. The molecule has 1 atom stereocenters. The van der Waals surface area contributed by atoms with Crippen LogP contribution in [0.2, 0.25) is 0 Å². The Labute approximate surface area is 161 Å². The fourth-order valence-corrected chi connectivity index (χ4v) is 3.47. The van der Waals surface area contributed by atoms with E-state index < -0.39 is 0 Å². The van der Waals surface area contributed by atoms with E-state index >= 15 is 0 Å². The van der Waals surface area contributed by atoms with Crippen LogP contribution in [0.1, 0.15) is 23.1 Å². The summed E-state index contributed by atoms with van der Waals surface area (Å²) in [4.78, 5) is 28.1. The number of amides is 2. The van der Waals surface area contributed by atoms with Gasteiger partial charge in [0.2, 0.25) is 11.8 Å². The molecule has 0 radical (unpaired) electrons. The molecule has 2 aromatic rings. The minimum atomic E-state index is -0.301.